The van der Waals surface area contributed by atoms with Crippen molar-refractivity contribution in [1.82, 2.24) is 5.32 Å². The summed E-state index contributed by atoms with van der Waals surface area (Å²) in [5, 5.41) is 4.23. The number of carbonyl (C=O) groups excluding carboxylic acids is 1. The van der Waals surface area contributed by atoms with Crippen LogP contribution in [0.3, 0.4) is 0 Å². The first-order valence-corrected chi connectivity index (χ1v) is 8.11. The fraction of sp³-hybridized carbons (Fsp3) is 0.278. The van der Waals surface area contributed by atoms with Gasteiger partial charge in [0.1, 0.15) is 0 Å². The molecule has 2 aromatic rings. The summed E-state index contributed by atoms with van der Waals surface area (Å²) in [6, 6.07) is 15.3. The third-order valence-corrected chi connectivity index (χ3v) is 5.03. The lowest BCUT2D eigenvalue weighted by molar-refractivity contribution is 0.0816. The van der Waals surface area contributed by atoms with Crippen LogP contribution < -0.4 is 5.32 Å². The lowest BCUT2D eigenvalue weighted by atomic mass is 9.75. The van der Waals surface area contributed by atoms with Crippen LogP contribution in [0.5, 0.6) is 0 Å². The van der Waals surface area contributed by atoms with Gasteiger partial charge in [0.15, 0.2) is 5.78 Å². The molecule has 4 heteroatoms. The number of carbonyl (C=O) groups is 1. The van der Waals surface area contributed by atoms with Gasteiger partial charge < -0.3 is 5.32 Å². The molecule has 1 N–H and O–H groups in total. The normalized spacial score (nSPS) is 21.0. The zero-order valence-electron chi connectivity index (χ0n) is 12.1. The molecule has 1 fully saturated rings. The van der Waals surface area contributed by atoms with Crippen molar-refractivity contribution >= 4 is 29.0 Å². The number of rotatable bonds is 4. The van der Waals surface area contributed by atoms with Gasteiger partial charge in [-0.3, -0.25) is 4.79 Å². The minimum atomic E-state index is -0.404. The molecule has 0 radical (unpaired) electrons. The summed E-state index contributed by atoms with van der Waals surface area (Å²) in [5.41, 5.74) is 1.41. The highest BCUT2D eigenvalue weighted by molar-refractivity contribution is 6.42. The van der Waals surface area contributed by atoms with E-state index >= 15 is 0 Å². The fourth-order valence-electron chi connectivity index (χ4n) is 3.10. The average molecular weight is 334 g/mol. The van der Waals surface area contributed by atoms with E-state index in [0.717, 1.165) is 19.4 Å². The minimum absolute atomic E-state index is 0.139. The zero-order chi connectivity index (χ0) is 15.6. The van der Waals surface area contributed by atoms with Gasteiger partial charge in [0.2, 0.25) is 0 Å². The summed E-state index contributed by atoms with van der Waals surface area (Å²) < 4.78 is 0. The summed E-state index contributed by atoms with van der Waals surface area (Å²) >= 11 is 12.0. The van der Waals surface area contributed by atoms with E-state index in [1.165, 1.54) is 5.56 Å². The van der Waals surface area contributed by atoms with Gasteiger partial charge in [0, 0.05) is 12.1 Å². The maximum atomic E-state index is 13.1. The molecular weight excluding hydrogens is 317 g/mol. The number of benzene rings is 2. The molecule has 1 unspecified atom stereocenters. The summed E-state index contributed by atoms with van der Waals surface area (Å²) in [5.74, 6) is 0.139. The van der Waals surface area contributed by atoms with Crippen LogP contribution in [0.2, 0.25) is 10.0 Å². The lowest BCUT2D eigenvalue weighted by Gasteiger charge is -2.27. The highest BCUT2D eigenvalue weighted by Gasteiger charge is 2.41. The first kappa shape index (κ1) is 15.5. The second-order valence-electron chi connectivity index (χ2n) is 5.83. The summed E-state index contributed by atoms with van der Waals surface area (Å²) in [4.78, 5) is 13.1. The van der Waals surface area contributed by atoms with Gasteiger partial charge in [0.05, 0.1) is 15.5 Å². The molecule has 1 atom stereocenters. The molecule has 2 aromatic carbocycles. The summed E-state index contributed by atoms with van der Waals surface area (Å²) in [7, 11) is 0. The molecule has 114 valence electrons. The van der Waals surface area contributed by atoms with Gasteiger partial charge in [0.25, 0.3) is 0 Å². The Morgan fingerprint density at radius 3 is 2.50 bits per heavy atom. The van der Waals surface area contributed by atoms with Crippen molar-refractivity contribution in [2.24, 2.45) is 5.41 Å². The molecule has 1 aliphatic heterocycles. The number of nitrogens with one attached hydrogen (secondary N) is 1. The van der Waals surface area contributed by atoms with Crippen LogP contribution in [0.15, 0.2) is 48.5 Å². The Bertz CT molecular complexity index is 679. The number of Topliss-reactive ketones (excluding diaryl/α,β-unsaturated/α-hetero) is 1. The molecule has 1 saturated heterocycles. The minimum Gasteiger partial charge on any atom is -0.316 e. The standard InChI is InChI=1S/C18H17Cl2NO/c19-15-7-6-14(10-16(15)20)17(22)18(8-9-21-12-18)11-13-4-2-1-3-5-13/h1-7,10,21H,8-9,11-12H2. The van der Waals surface area contributed by atoms with E-state index in [2.05, 4.69) is 17.4 Å². The second-order valence-corrected chi connectivity index (χ2v) is 6.64. The molecule has 22 heavy (non-hydrogen) atoms. The van der Waals surface area contributed by atoms with Crippen LogP contribution in [0.1, 0.15) is 22.3 Å². The molecule has 0 saturated carbocycles. The van der Waals surface area contributed by atoms with E-state index in [0.29, 0.717) is 22.2 Å². The van der Waals surface area contributed by atoms with Crippen LogP contribution in [0, 0.1) is 5.41 Å². The Kier molecular flexibility index (Phi) is 4.53. The molecular formula is C18H17Cl2NO. The monoisotopic (exact) mass is 333 g/mol. The summed E-state index contributed by atoms with van der Waals surface area (Å²) in [6.45, 7) is 1.56. The summed E-state index contributed by atoms with van der Waals surface area (Å²) in [6.07, 6.45) is 1.57. The smallest absolute Gasteiger partial charge is 0.170 e. The van der Waals surface area contributed by atoms with Crippen LogP contribution >= 0.6 is 23.2 Å². The van der Waals surface area contributed by atoms with E-state index in [9.17, 15) is 4.79 Å². The molecule has 1 aliphatic rings. The van der Waals surface area contributed by atoms with E-state index in [-0.39, 0.29) is 5.78 Å². The number of hydrogen-bond acceptors (Lipinski definition) is 2. The maximum Gasteiger partial charge on any atom is 0.170 e. The van der Waals surface area contributed by atoms with Crippen molar-refractivity contribution in [3.8, 4) is 0 Å². The van der Waals surface area contributed by atoms with Crippen LogP contribution in [0.4, 0.5) is 0 Å². The van der Waals surface area contributed by atoms with E-state index in [1.807, 2.05) is 18.2 Å². The van der Waals surface area contributed by atoms with Crippen LogP contribution in [0.25, 0.3) is 0 Å². The molecule has 0 bridgehead atoms. The van der Waals surface area contributed by atoms with E-state index < -0.39 is 5.41 Å². The van der Waals surface area contributed by atoms with Crippen molar-refractivity contribution < 1.29 is 4.79 Å². The van der Waals surface area contributed by atoms with Crippen molar-refractivity contribution in [1.29, 1.82) is 0 Å². The molecule has 1 heterocycles. The number of ketones is 1. The van der Waals surface area contributed by atoms with E-state index in [4.69, 9.17) is 23.2 Å². The second kappa shape index (κ2) is 6.41. The Labute approximate surface area is 140 Å². The highest BCUT2D eigenvalue weighted by Crippen LogP contribution is 2.35. The van der Waals surface area contributed by atoms with Gasteiger partial charge in [-0.05, 0) is 43.1 Å². The first-order valence-electron chi connectivity index (χ1n) is 7.35. The highest BCUT2D eigenvalue weighted by atomic mass is 35.5. The molecule has 2 nitrogen and oxygen atoms in total. The van der Waals surface area contributed by atoms with Gasteiger partial charge in [-0.25, -0.2) is 0 Å². The van der Waals surface area contributed by atoms with Gasteiger partial charge in [-0.1, -0.05) is 53.5 Å². The lowest BCUT2D eigenvalue weighted by Crippen LogP contribution is -2.36. The Morgan fingerprint density at radius 1 is 1.09 bits per heavy atom. The third kappa shape index (κ3) is 3.05. The average Bonchev–Trinajstić information content (AvgIpc) is 3.00. The van der Waals surface area contributed by atoms with Crippen molar-refractivity contribution in [2.45, 2.75) is 12.8 Å². The maximum absolute atomic E-state index is 13.1. The third-order valence-electron chi connectivity index (χ3n) is 4.29. The van der Waals surface area contributed by atoms with Gasteiger partial charge >= 0.3 is 0 Å². The topological polar surface area (TPSA) is 29.1 Å². The number of halogens is 2. The van der Waals surface area contributed by atoms with Gasteiger partial charge in [-0.15, -0.1) is 0 Å². The molecule has 0 aromatic heterocycles. The Morgan fingerprint density at radius 2 is 1.86 bits per heavy atom. The largest absolute Gasteiger partial charge is 0.316 e. The first-order chi connectivity index (χ1) is 10.6. The molecule has 0 aliphatic carbocycles. The van der Waals surface area contributed by atoms with E-state index in [1.54, 1.807) is 18.2 Å². The zero-order valence-corrected chi connectivity index (χ0v) is 13.6. The predicted molar refractivity (Wildman–Crippen MR) is 90.9 cm³/mol. The molecule has 3 rings (SSSR count). The quantitative estimate of drug-likeness (QED) is 0.840. The van der Waals surface area contributed by atoms with Crippen molar-refractivity contribution in [3.05, 3.63) is 69.7 Å². The molecule has 0 spiro atoms. The molecule has 0 amide bonds. The van der Waals surface area contributed by atoms with Gasteiger partial charge in [-0.2, -0.15) is 0 Å². The van der Waals surface area contributed by atoms with Crippen molar-refractivity contribution in [3.63, 3.8) is 0 Å². The van der Waals surface area contributed by atoms with Crippen LogP contribution in [-0.2, 0) is 6.42 Å². The van der Waals surface area contributed by atoms with Crippen LogP contribution in [-0.4, -0.2) is 18.9 Å². The Hall–Kier alpha value is -1.35. The fourth-order valence-corrected chi connectivity index (χ4v) is 3.40. The number of hydrogen-bond donors (Lipinski definition) is 1. The SMILES string of the molecule is O=C(c1ccc(Cl)c(Cl)c1)C1(Cc2ccccc2)CCNC1. The Balaban J connectivity index is 1.93. The predicted octanol–water partition coefficient (Wildman–Crippen LogP) is 4.40. The van der Waals surface area contributed by atoms with Crippen molar-refractivity contribution in [2.75, 3.05) is 13.1 Å².